The first-order chi connectivity index (χ1) is 8.99. The van der Waals surface area contributed by atoms with Crippen LogP contribution in [0.15, 0.2) is 18.2 Å². The highest BCUT2D eigenvalue weighted by molar-refractivity contribution is 5.75. The summed E-state index contributed by atoms with van der Waals surface area (Å²) in [6.07, 6.45) is 3.76. The Kier molecular flexibility index (Phi) is 6.61. The van der Waals surface area contributed by atoms with E-state index in [2.05, 4.69) is 32.9 Å². The maximum absolute atomic E-state index is 10.9. The minimum absolute atomic E-state index is 0.283. The van der Waals surface area contributed by atoms with Gasteiger partial charge in [-0.15, -0.1) is 0 Å². The van der Waals surface area contributed by atoms with E-state index in [4.69, 9.17) is 4.74 Å². The number of unbranched alkanes of at least 4 members (excludes halogenated alkanes) is 1. The average molecular weight is 262 g/mol. The predicted molar refractivity (Wildman–Crippen MR) is 79.7 cm³/mol. The van der Waals surface area contributed by atoms with Crippen molar-refractivity contribution in [2.75, 3.05) is 6.61 Å². The first-order valence-corrected chi connectivity index (χ1v) is 7.21. The van der Waals surface area contributed by atoms with Gasteiger partial charge in [0.2, 0.25) is 0 Å². The molecule has 106 valence electrons. The van der Waals surface area contributed by atoms with E-state index in [1.54, 1.807) is 6.92 Å². The molecule has 0 spiro atoms. The third-order valence-electron chi connectivity index (χ3n) is 3.13. The zero-order chi connectivity index (χ0) is 14.3. The molecule has 0 fully saturated rings. The maximum Gasteiger partial charge on any atom is 0.129 e. The largest absolute Gasteiger partial charge is 0.493 e. The molecule has 0 bridgehead atoms. The summed E-state index contributed by atoms with van der Waals surface area (Å²) in [5, 5.41) is 0. The molecule has 1 aromatic rings. The second-order valence-corrected chi connectivity index (χ2v) is 5.70. The van der Waals surface area contributed by atoms with Gasteiger partial charge in [-0.25, -0.2) is 0 Å². The van der Waals surface area contributed by atoms with Crippen LogP contribution in [0.25, 0.3) is 0 Å². The molecule has 0 radical (unpaired) electrons. The van der Waals surface area contributed by atoms with Crippen LogP contribution in [-0.2, 0) is 11.2 Å². The van der Waals surface area contributed by atoms with E-state index >= 15 is 0 Å². The molecule has 0 unspecified atom stereocenters. The summed E-state index contributed by atoms with van der Waals surface area (Å²) in [5.74, 6) is 1.78. The van der Waals surface area contributed by atoms with Crippen molar-refractivity contribution < 1.29 is 9.53 Å². The fraction of sp³-hybridized carbons (Fsp3) is 0.588. The number of ketones is 1. The Morgan fingerprint density at radius 3 is 2.63 bits per heavy atom. The highest BCUT2D eigenvalue weighted by atomic mass is 16.5. The van der Waals surface area contributed by atoms with Crippen molar-refractivity contribution in [3.63, 3.8) is 0 Å². The van der Waals surface area contributed by atoms with E-state index < -0.39 is 0 Å². The van der Waals surface area contributed by atoms with Crippen molar-refractivity contribution in [2.45, 2.75) is 53.4 Å². The predicted octanol–water partition coefficient (Wildman–Crippen LogP) is 4.33. The van der Waals surface area contributed by atoms with Crippen LogP contribution in [0.2, 0.25) is 0 Å². The molecular formula is C17H26O2. The van der Waals surface area contributed by atoms with Crippen LogP contribution in [0.4, 0.5) is 0 Å². The summed E-state index contributed by atoms with van der Waals surface area (Å²) in [5.41, 5.74) is 2.64. The third kappa shape index (κ3) is 6.42. The normalized spacial score (nSPS) is 10.8. The Balaban J connectivity index is 2.51. The second-order valence-electron chi connectivity index (χ2n) is 5.70. The average Bonchev–Trinajstić information content (AvgIpc) is 2.34. The third-order valence-corrected chi connectivity index (χ3v) is 3.13. The van der Waals surface area contributed by atoms with Crippen LogP contribution >= 0.6 is 0 Å². The molecule has 0 aromatic heterocycles. The minimum atomic E-state index is 0.283. The first-order valence-electron chi connectivity index (χ1n) is 7.21. The van der Waals surface area contributed by atoms with Crippen LogP contribution in [-0.4, -0.2) is 12.4 Å². The van der Waals surface area contributed by atoms with Gasteiger partial charge in [0.25, 0.3) is 0 Å². The molecule has 0 amide bonds. The van der Waals surface area contributed by atoms with Gasteiger partial charge in [0, 0.05) is 6.42 Å². The standard InChI is InChI=1S/C17H26O2/c1-13(2)12-19-17-10-9-14(3)16(11-17)8-6-5-7-15(4)18/h9-11,13H,5-8,12H2,1-4H3. The molecule has 0 saturated carbocycles. The Hall–Kier alpha value is -1.31. The van der Waals surface area contributed by atoms with Gasteiger partial charge in [-0.3, -0.25) is 0 Å². The number of hydrogen-bond acceptors (Lipinski definition) is 2. The lowest BCUT2D eigenvalue weighted by Crippen LogP contribution is -2.05. The van der Waals surface area contributed by atoms with Gasteiger partial charge in [0.1, 0.15) is 11.5 Å². The van der Waals surface area contributed by atoms with E-state index in [9.17, 15) is 4.79 Å². The van der Waals surface area contributed by atoms with Gasteiger partial charge in [-0.2, -0.15) is 0 Å². The van der Waals surface area contributed by atoms with Crippen molar-refractivity contribution in [1.29, 1.82) is 0 Å². The van der Waals surface area contributed by atoms with Crippen LogP contribution in [0.1, 0.15) is 51.2 Å². The fourth-order valence-electron chi connectivity index (χ4n) is 1.96. The lowest BCUT2D eigenvalue weighted by molar-refractivity contribution is -0.117. The van der Waals surface area contributed by atoms with Crippen LogP contribution in [0.3, 0.4) is 0 Å². The topological polar surface area (TPSA) is 26.3 Å². The van der Waals surface area contributed by atoms with Crippen molar-refractivity contribution in [1.82, 2.24) is 0 Å². The lowest BCUT2D eigenvalue weighted by atomic mass is 10.0. The molecule has 0 atom stereocenters. The van der Waals surface area contributed by atoms with Gasteiger partial charge in [-0.05, 0) is 62.3 Å². The quantitative estimate of drug-likeness (QED) is 0.652. The molecule has 0 aliphatic heterocycles. The number of rotatable bonds is 8. The number of carbonyl (C=O) groups is 1. The molecule has 19 heavy (non-hydrogen) atoms. The Labute approximate surface area is 117 Å². The molecule has 1 rings (SSSR count). The number of ether oxygens (including phenoxy) is 1. The highest BCUT2D eigenvalue weighted by Gasteiger charge is 2.03. The monoisotopic (exact) mass is 262 g/mol. The molecular weight excluding hydrogens is 236 g/mol. The van der Waals surface area contributed by atoms with E-state index in [-0.39, 0.29) is 5.78 Å². The van der Waals surface area contributed by atoms with Crippen LogP contribution < -0.4 is 4.74 Å². The molecule has 2 heteroatoms. The van der Waals surface area contributed by atoms with Crippen LogP contribution in [0, 0.1) is 12.8 Å². The summed E-state index contributed by atoms with van der Waals surface area (Å²) in [6, 6.07) is 6.30. The van der Waals surface area contributed by atoms with Crippen molar-refractivity contribution in [2.24, 2.45) is 5.92 Å². The first kappa shape index (κ1) is 15.7. The minimum Gasteiger partial charge on any atom is -0.493 e. The fourth-order valence-corrected chi connectivity index (χ4v) is 1.96. The molecule has 2 nitrogen and oxygen atoms in total. The number of carbonyl (C=O) groups excluding carboxylic acids is 1. The zero-order valence-electron chi connectivity index (χ0n) is 12.7. The smallest absolute Gasteiger partial charge is 0.129 e. The maximum atomic E-state index is 10.9. The molecule has 0 N–H and O–H groups in total. The Bertz CT molecular complexity index is 408. The summed E-state index contributed by atoms with van der Waals surface area (Å²) in [4.78, 5) is 10.9. The number of hydrogen-bond donors (Lipinski definition) is 0. The summed E-state index contributed by atoms with van der Waals surface area (Å²) in [6.45, 7) is 8.85. The van der Waals surface area contributed by atoms with E-state index in [1.807, 2.05) is 6.07 Å². The van der Waals surface area contributed by atoms with Gasteiger partial charge in [0.05, 0.1) is 6.61 Å². The van der Waals surface area contributed by atoms with E-state index in [0.29, 0.717) is 12.3 Å². The summed E-state index contributed by atoms with van der Waals surface area (Å²) >= 11 is 0. The molecule has 0 saturated heterocycles. The highest BCUT2D eigenvalue weighted by Crippen LogP contribution is 2.20. The number of Topliss-reactive ketones (excluding diaryl/α,β-unsaturated/α-hetero) is 1. The van der Waals surface area contributed by atoms with Crippen LogP contribution in [0.5, 0.6) is 5.75 Å². The molecule has 1 aromatic carbocycles. The SMILES string of the molecule is CC(=O)CCCCc1cc(OCC(C)C)ccc1C. The summed E-state index contributed by atoms with van der Waals surface area (Å²) in [7, 11) is 0. The molecule has 0 aliphatic carbocycles. The Morgan fingerprint density at radius 2 is 2.00 bits per heavy atom. The van der Waals surface area contributed by atoms with Crippen molar-refractivity contribution in [3.8, 4) is 5.75 Å². The Morgan fingerprint density at radius 1 is 1.26 bits per heavy atom. The summed E-state index contributed by atoms with van der Waals surface area (Å²) < 4.78 is 5.75. The van der Waals surface area contributed by atoms with Gasteiger partial charge < -0.3 is 9.53 Å². The zero-order valence-corrected chi connectivity index (χ0v) is 12.7. The van der Waals surface area contributed by atoms with Gasteiger partial charge in [-0.1, -0.05) is 19.9 Å². The van der Waals surface area contributed by atoms with Crippen molar-refractivity contribution >= 4 is 5.78 Å². The number of aryl methyl sites for hydroxylation is 2. The van der Waals surface area contributed by atoms with E-state index in [0.717, 1.165) is 31.6 Å². The number of benzene rings is 1. The molecule has 0 heterocycles. The van der Waals surface area contributed by atoms with Gasteiger partial charge in [0.15, 0.2) is 0 Å². The lowest BCUT2D eigenvalue weighted by Gasteiger charge is -2.12. The van der Waals surface area contributed by atoms with Crippen molar-refractivity contribution in [3.05, 3.63) is 29.3 Å². The van der Waals surface area contributed by atoms with Gasteiger partial charge >= 0.3 is 0 Å². The second kappa shape index (κ2) is 7.98. The molecule has 0 aliphatic rings. The van der Waals surface area contributed by atoms with E-state index in [1.165, 1.54) is 11.1 Å².